The minimum atomic E-state index is -0.116. The van der Waals surface area contributed by atoms with E-state index in [1.54, 1.807) is 17.8 Å². The van der Waals surface area contributed by atoms with Gasteiger partial charge in [0.05, 0.1) is 12.2 Å². The molecular formula is C18H25N3O2S. The van der Waals surface area contributed by atoms with Crippen LogP contribution >= 0.6 is 11.8 Å². The standard InChI is InChI=1S/C18H25N3O2S/c1-18(2,3)15-10-17(23-20-15)19-16(22)12-21(4)11-13-6-8-14(24-5)9-7-13/h6-10H,11-12H2,1-5H3,(H,19,22). The molecule has 0 fully saturated rings. The Balaban J connectivity index is 1.85. The van der Waals surface area contributed by atoms with E-state index >= 15 is 0 Å². The molecule has 2 rings (SSSR count). The number of hydrogen-bond acceptors (Lipinski definition) is 5. The summed E-state index contributed by atoms with van der Waals surface area (Å²) in [5, 5.41) is 6.75. The first-order chi connectivity index (χ1) is 11.3. The van der Waals surface area contributed by atoms with Crippen LogP contribution in [0.3, 0.4) is 0 Å². The summed E-state index contributed by atoms with van der Waals surface area (Å²) in [4.78, 5) is 15.3. The molecule has 6 heteroatoms. The second-order valence-electron chi connectivity index (χ2n) is 6.89. The van der Waals surface area contributed by atoms with Gasteiger partial charge in [0.2, 0.25) is 11.8 Å². The van der Waals surface area contributed by atoms with Gasteiger partial charge in [0.25, 0.3) is 0 Å². The summed E-state index contributed by atoms with van der Waals surface area (Å²) in [6, 6.07) is 10.1. The number of aromatic nitrogens is 1. The van der Waals surface area contributed by atoms with Crippen LogP contribution in [0.1, 0.15) is 32.0 Å². The highest BCUT2D eigenvalue weighted by Gasteiger charge is 2.19. The monoisotopic (exact) mass is 347 g/mol. The van der Waals surface area contributed by atoms with Crippen molar-refractivity contribution >= 4 is 23.6 Å². The number of likely N-dealkylation sites (N-methyl/N-ethyl adjacent to an activating group) is 1. The molecule has 1 aromatic heterocycles. The third-order valence-corrected chi connectivity index (χ3v) is 4.31. The molecule has 0 radical (unpaired) electrons. The summed E-state index contributed by atoms with van der Waals surface area (Å²) < 4.78 is 5.18. The Kier molecular flexibility index (Phi) is 6.07. The van der Waals surface area contributed by atoms with Gasteiger partial charge in [-0.1, -0.05) is 38.1 Å². The van der Waals surface area contributed by atoms with E-state index in [-0.39, 0.29) is 17.9 Å². The topological polar surface area (TPSA) is 58.4 Å². The van der Waals surface area contributed by atoms with Crippen molar-refractivity contribution in [1.29, 1.82) is 0 Å². The van der Waals surface area contributed by atoms with E-state index in [2.05, 4.69) is 41.0 Å². The zero-order valence-electron chi connectivity index (χ0n) is 14.9. The maximum atomic E-state index is 12.1. The number of carbonyl (C=O) groups is 1. The fourth-order valence-electron chi connectivity index (χ4n) is 2.21. The molecule has 0 unspecified atom stereocenters. The molecule has 0 saturated heterocycles. The molecule has 1 heterocycles. The Bertz CT molecular complexity index is 674. The Hall–Kier alpha value is -1.79. The first kappa shape index (κ1) is 18.5. The first-order valence-corrected chi connectivity index (χ1v) is 9.09. The van der Waals surface area contributed by atoms with Gasteiger partial charge in [0, 0.05) is 22.9 Å². The van der Waals surface area contributed by atoms with Crippen molar-refractivity contribution in [3.8, 4) is 0 Å². The fraction of sp³-hybridized carbons (Fsp3) is 0.444. The van der Waals surface area contributed by atoms with Gasteiger partial charge in [-0.2, -0.15) is 0 Å². The number of nitrogens with one attached hydrogen (secondary N) is 1. The summed E-state index contributed by atoms with van der Waals surface area (Å²) in [5.74, 6) is 0.275. The quantitative estimate of drug-likeness (QED) is 0.806. The zero-order chi connectivity index (χ0) is 17.7. The molecule has 1 aromatic carbocycles. The number of anilines is 1. The van der Waals surface area contributed by atoms with Crippen molar-refractivity contribution in [2.45, 2.75) is 37.6 Å². The molecule has 0 spiro atoms. The van der Waals surface area contributed by atoms with Crippen LogP contribution in [0, 0.1) is 0 Å². The third kappa shape index (κ3) is 5.39. The van der Waals surface area contributed by atoms with Gasteiger partial charge in [-0.15, -0.1) is 11.8 Å². The lowest BCUT2D eigenvalue weighted by Crippen LogP contribution is -2.29. The second kappa shape index (κ2) is 7.85. The molecule has 0 atom stereocenters. The number of hydrogen-bond donors (Lipinski definition) is 1. The van der Waals surface area contributed by atoms with E-state index in [9.17, 15) is 4.79 Å². The number of amides is 1. The largest absolute Gasteiger partial charge is 0.338 e. The smallest absolute Gasteiger partial charge is 0.240 e. The molecule has 2 aromatic rings. The van der Waals surface area contributed by atoms with E-state index in [4.69, 9.17) is 4.52 Å². The van der Waals surface area contributed by atoms with E-state index < -0.39 is 0 Å². The van der Waals surface area contributed by atoms with Gasteiger partial charge in [-0.05, 0) is 31.0 Å². The molecule has 0 aliphatic heterocycles. The number of benzene rings is 1. The lowest BCUT2D eigenvalue weighted by atomic mass is 9.92. The molecule has 0 bridgehead atoms. The second-order valence-corrected chi connectivity index (χ2v) is 7.77. The molecular weight excluding hydrogens is 322 g/mol. The molecule has 1 N–H and O–H groups in total. The summed E-state index contributed by atoms with van der Waals surface area (Å²) in [7, 11) is 1.92. The van der Waals surface area contributed by atoms with Crippen LogP contribution < -0.4 is 5.32 Å². The van der Waals surface area contributed by atoms with E-state index in [0.717, 1.165) is 5.69 Å². The predicted molar refractivity (Wildman–Crippen MR) is 98.4 cm³/mol. The van der Waals surface area contributed by atoms with Crippen LogP contribution in [0.2, 0.25) is 0 Å². The SMILES string of the molecule is CSc1ccc(CN(C)CC(=O)Nc2cc(C(C)(C)C)no2)cc1. The van der Waals surface area contributed by atoms with Crippen LogP contribution in [0.5, 0.6) is 0 Å². The number of rotatable bonds is 6. The molecule has 5 nitrogen and oxygen atoms in total. The Morgan fingerprint density at radius 1 is 1.29 bits per heavy atom. The van der Waals surface area contributed by atoms with Gasteiger partial charge in [-0.25, -0.2) is 0 Å². The molecule has 0 saturated carbocycles. The molecule has 130 valence electrons. The van der Waals surface area contributed by atoms with Crippen molar-refractivity contribution in [3.05, 3.63) is 41.6 Å². The van der Waals surface area contributed by atoms with Crippen molar-refractivity contribution < 1.29 is 9.32 Å². The van der Waals surface area contributed by atoms with E-state index in [1.807, 2.05) is 32.7 Å². The van der Waals surface area contributed by atoms with Gasteiger partial charge in [-0.3, -0.25) is 15.0 Å². The van der Waals surface area contributed by atoms with Crippen LogP contribution in [0.25, 0.3) is 0 Å². The van der Waals surface area contributed by atoms with Crippen LogP contribution in [-0.4, -0.2) is 35.8 Å². The molecule has 24 heavy (non-hydrogen) atoms. The maximum absolute atomic E-state index is 12.1. The van der Waals surface area contributed by atoms with Gasteiger partial charge >= 0.3 is 0 Å². The summed E-state index contributed by atoms with van der Waals surface area (Å²) in [6.45, 7) is 7.15. The summed E-state index contributed by atoms with van der Waals surface area (Å²) >= 11 is 1.72. The lowest BCUT2D eigenvalue weighted by molar-refractivity contribution is -0.117. The van der Waals surface area contributed by atoms with Gasteiger partial charge < -0.3 is 4.52 Å². The highest BCUT2D eigenvalue weighted by atomic mass is 32.2. The average Bonchev–Trinajstić information content (AvgIpc) is 2.96. The summed E-state index contributed by atoms with van der Waals surface area (Å²) in [5.41, 5.74) is 1.89. The fourth-order valence-corrected chi connectivity index (χ4v) is 2.62. The molecule has 0 aliphatic carbocycles. The molecule has 0 aliphatic rings. The van der Waals surface area contributed by atoms with Crippen LogP contribution in [-0.2, 0) is 16.8 Å². The zero-order valence-corrected chi connectivity index (χ0v) is 15.7. The summed E-state index contributed by atoms with van der Waals surface area (Å²) in [6.07, 6.45) is 2.06. The van der Waals surface area contributed by atoms with Crippen molar-refractivity contribution in [2.75, 3.05) is 25.2 Å². The minimum Gasteiger partial charge on any atom is -0.338 e. The average molecular weight is 347 g/mol. The molecule has 1 amide bonds. The normalized spacial score (nSPS) is 11.8. The maximum Gasteiger partial charge on any atom is 0.240 e. The Labute approximate surface area is 147 Å². The van der Waals surface area contributed by atoms with Gasteiger partial charge in [0.15, 0.2) is 0 Å². The van der Waals surface area contributed by atoms with Gasteiger partial charge in [0.1, 0.15) is 0 Å². The Morgan fingerprint density at radius 3 is 2.50 bits per heavy atom. The van der Waals surface area contributed by atoms with E-state index in [1.165, 1.54) is 10.5 Å². The minimum absolute atomic E-state index is 0.105. The van der Waals surface area contributed by atoms with Crippen LogP contribution in [0.4, 0.5) is 5.88 Å². The third-order valence-electron chi connectivity index (χ3n) is 3.57. The van der Waals surface area contributed by atoms with E-state index in [0.29, 0.717) is 12.4 Å². The predicted octanol–water partition coefficient (Wildman–Crippen LogP) is 3.76. The van der Waals surface area contributed by atoms with Crippen molar-refractivity contribution in [3.63, 3.8) is 0 Å². The van der Waals surface area contributed by atoms with Crippen molar-refractivity contribution in [1.82, 2.24) is 10.1 Å². The lowest BCUT2D eigenvalue weighted by Gasteiger charge is -2.16. The number of thioether (sulfide) groups is 1. The first-order valence-electron chi connectivity index (χ1n) is 7.86. The van der Waals surface area contributed by atoms with Crippen molar-refractivity contribution in [2.24, 2.45) is 0 Å². The van der Waals surface area contributed by atoms with Crippen LogP contribution in [0.15, 0.2) is 39.8 Å². The number of carbonyl (C=O) groups excluding carboxylic acids is 1. The highest BCUT2D eigenvalue weighted by Crippen LogP contribution is 2.23. The number of nitrogens with zero attached hydrogens (tertiary/aromatic N) is 2. The Morgan fingerprint density at radius 2 is 1.96 bits per heavy atom. The highest BCUT2D eigenvalue weighted by molar-refractivity contribution is 7.98.